The van der Waals surface area contributed by atoms with Crippen LogP contribution >= 0.6 is 11.6 Å². The lowest BCUT2D eigenvalue weighted by molar-refractivity contribution is 0.0952. The lowest BCUT2D eigenvalue weighted by Crippen LogP contribution is -2.28. The first-order valence-electron chi connectivity index (χ1n) is 9.24. The lowest BCUT2D eigenvalue weighted by atomic mass is 10.2. The van der Waals surface area contributed by atoms with E-state index in [4.69, 9.17) is 11.6 Å². The predicted octanol–water partition coefficient (Wildman–Crippen LogP) is 2.42. The van der Waals surface area contributed by atoms with Gasteiger partial charge in [0.1, 0.15) is 5.65 Å². The minimum Gasteiger partial charge on any atom is -0.353 e. The molecule has 7 nitrogen and oxygen atoms in total. The number of piperidine rings is 1. The third kappa shape index (κ3) is 3.07. The number of imidazole rings is 1. The molecule has 4 heterocycles. The van der Waals surface area contributed by atoms with Crippen LogP contribution in [0.4, 0.5) is 10.2 Å². The van der Waals surface area contributed by atoms with Gasteiger partial charge in [0.2, 0.25) is 5.28 Å². The van der Waals surface area contributed by atoms with Crippen LogP contribution in [-0.2, 0) is 0 Å². The Morgan fingerprint density at radius 1 is 1.29 bits per heavy atom. The average Bonchev–Trinajstić information content (AvgIpc) is 3.08. The van der Waals surface area contributed by atoms with Gasteiger partial charge < -0.3 is 14.6 Å². The Balaban J connectivity index is 1.12. The van der Waals surface area contributed by atoms with E-state index in [9.17, 15) is 9.18 Å². The molecule has 1 N–H and O–H groups in total. The summed E-state index contributed by atoms with van der Waals surface area (Å²) in [6, 6.07) is 3.61. The lowest BCUT2D eigenvalue weighted by Gasteiger charge is -2.21. The summed E-state index contributed by atoms with van der Waals surface area (Å²) in [4.78, 5) is 26.1. The SMILES string of the molecule is O=C(NCCC1C2CN(c3nc(Cl)ncc3F)CC12)c1ccc2nccn2c1. The van der Waals surface area contributed by atoms with Crippen LogP contribution in [0.1, 0.15) is 16.8 Å². The van der Waals surface area contributed by atoms with E-state index in [1.807, 2.05) is 21.6 Å². The molecule has 2 aliphatic rings. The first kappa shape index (κ1) is 17.4. The molecule has 1 saturated heterocycles. The molecule has 1 amide bonds. The second-order valence-corrected chi connectivity index (χ2v) is 7.70. The molecule has 3 aromatic rings. The molecule has 1 saturated carbocycles. The Bertz CT molecular complexity index is 1040. The molecule has 0 aromatic carbocycles. The van der Waals surface area contributed by atoms with Crippen molar-refractivity contribution in [1.29, 1.82) is 0 Å². The topological polar surface area (TPSA) is 75.4 Å². The van der Waals surface area contributed by atoms with Gasteiger partial charge in [-0.1, -0.05) is 0 Å². The number of pyridine rings is 1. The minimum atomic E-state index is -0.440. The summed E-state index contributed by atoms with van der Waals surface area (Å²) in [6.45, 7) is 2.17. The van der Waals surface area contributed by atoms with Crippen molar-refractivity contribution in [2.24, 2.45) is 17.8 Å². The molecule has 9 heteroatoms. The van der Waals surface area contributed by atoms with Gasteiger partial charge in [0, 0.05) is 38.2 Å². The highest BCUT2D eigenvalue weighted by Gasteiger charge is 2.55. The Labute approximate surface area is 165 Å². The minimum absolute atomic E-state index is 0.0603. The standard InChI is InChI=1S/C19H18ClFN6O/c20-19-24-7-15(21)17(25-19)27-9-13-12(14(13)10-27)3-4-23-18(28)11-1-2-16-22-5-6-26(16)8-11/h1-2,5-8,12-14H,3-4,9-10H2,(H,23,28). The maximum atomic E-state index is 13.9. The van der Waals surface area contributed by atoms with Gasteiger partial charge in [-0.3, -0.25) is 4.79 Å². The highest BCUT2D eigenvalue weighted by molar-refractivity contribution is 6.28. The molecule has 2 fully saturated rings. The fraction of sp³-hybridized carbons (Fsp3) is 0.368. The number of amides is 1. The third-order valence-electron chi connectivity index (χ3n) is 5.78. The van der Waals surface area contributed by atoms with Gasteiger partial charge in [-0.15, -0.1) is 0 Å². The van der Waals surface area contributed by atoms with Crippen LogP contribution in [0.3, 0.4) is 0 Å². The van der Waals surface area contributed by atoms with E-state index in [2.05, 4.69) is 20.3 Å². The van der Waals surface area contributed by atoms with Crippen LogP contribution in [0.5, 0.6) is 0 Å². The van der Waals surface area contributed by atoms with E-state index in [1.54, 1.807) is 18.5 Å². The number of halogens is 2. The number of fused-ring (bicyclic) bond motifs is 2. The van der Waals surface area contributed by atoms with Gasteiger partial charge in [0.25, 0.3) is 5.91 Å². The van der Waals surface area contributed by atoms with Gasteiger partial charge in [0.05, 0.1) is 11.8 Å². The van der Waals surface area contributed by atoms with E-state index in [0.717, 1.165) is 31.4 Å². The fourth-order valence-electron chi connectivity index (χ4n) is 4.32. The normalized spacial score (nSPS) is 23.1. The highest BCUT2D eigenvalue weighted by Crippen LogP contribution is 2.54. The van der Waals surface area contributed by atoms with E-state index in [1.165, 1.54) is 0 Å². The van der Waals surface area contributed by atoms with Crippen molar-refractivity contribution < 1.29 is 9.18 Å². The zero-order chi connectivity index (χ0) is 19.3. The molecule has 0 bridgehead atoms. The summed E-state index contributed by atoms with van der Waals surface area (Å²) < 4.78 is 15.7. The van der Waals surface area contributed by atoms with Crippen molar-refractivity contribution in [3.8, 4) is 0 Å². The predicted molar refractivity (Wildman–Crippen MR) is 102 cm³/mol. The van der Waals surface area contributed by atoms with Crippen molar-refractivity contribution in [3.05, 3.63) is 53.6 Å². The monoisotopic (exact) mass is 400 g/mol. The van der Waals surface area contributed by atoms with Crippen LogP contribution in [-0.4, -0.2) is 44.9 Å². The first-order valence-corrected chi connectivity index (χ1v) is 9.62. The van der Waals surface area contributed by atoms with Gasteiger partial charge in [-0.2, -0.15) is 4.98 Å². The zero-order valence-electron chi connectivity index (χ0n) is 14.9. The van der Waals surface area contributed by atoms with Crippen LogP contribution in [0.15, 0.2) is 36.9 Å². The second-order valence-electron chi connectivity index (χ2n) is 7.36. The number of aromatic nitrogens is 4. The number of nitrogens with one attached hydrogen (secondary N) is 1. The van der Waals surface area contributed by atoms with E-state index in [0.29, 0.717) is 29.9 Å². The van der Waals surface area contributed by atoms with Crippen LogP contribution in [0, 0.1) is 23.6 Å². The molecule has 1 aliphatic heterocycles. The largest absolute Gasteiger partial charge is 0.353 e. The quantitative estimate of drug-likeness (QED) is 0.666. The number of hydrogen-bond donors (Lipinski definition) is 1. The summed E-state index contributed by atoms with van der Waals surface area (Å²) in [7, 11) is 0. The molecule has 2 atom stereocenters. The van der Waals surface area contributed by atoms with Crippen LogP contribution in [0.2, 0.25) is 5.28 Å². The molecular weight excluding hydrogens is 383 g/mol. The summed E-state index contributed by atoms with van der Waals surface area (Å²) >= 11 is 5.79. The number of carbonyl (C=O) groups is 1. The smallest absolute Gasteiger partial charge is 0.252 e. The highest BCUT2D eigenvalue weighted by atomic mass is 35.5. The summed E-state index contributed by atoms with van der Waals surface area (Å²) in [5.74, 6) is 1.37. The second kappa shape index (κ2) is 6.70. The molecule has 2 unspecified atom stereocenters. The number of carbonyl (C=O) groups excluding carboxylic acids is 1. The van der Waals surface area contributed by atoms with Crippen molar-refractivity contribution in [3.63, 3.8) is 0 Å². The number of hydrogen-bond acceptors (Lipinski definition) is 5. The van der Waals surface area contributed by atoms with Gasteiger partial charge in [-0.25, -0.2) is 14.4 Å². The zero-order valence-corrected chi connectivity index (χ0v) is 15.7. The number of nitrogens with zero attached hydrogens (tertiary/aromatic N) is 5. The molecule has 5 rings (SSSR count). The Morgan fingerprint density at radius 3 is 2.93 bits per heavy atom. The average molecular weight is 401 g/mol. The van der Waals surface area contributed by atoms with Crippen molar-refractivity contribution in [2.45, 2.75) is 6.42 Å². The molecule has 0 radical (unpaired) electrons. The molecule has 3 aromatic heterocycles. The molecule has 1 aliphatic carbocycles. The van der Waals surface area contributed by atoms with Crippen LogP contribution in [0.25, 0.3) is 5.65 Å². The number of anilines is 1. The Kier molecular flexibility index (Phi) is 4.16. The summed E-state index contributed by atoms with van der Waals surface area (Å²) in [5, 5.41) is 3.05. The van der Waals surface area contributed by atoms with Gasteiger partial charge in [0.15, 0.2) is 11.6 Å². The summed E-state index contributed by atoms with van der Waals surface area (Å²) in [5.41, 5.74) is 1.43. The molecular formula is C19H18ClFN6O. The number of rotatable bonds is 5. The summed E-state index contributed by atoms with van der Waals surface area (Å²) in [6.07, 6.45) is 7.34. The Hall–Kier alpha value is -2.74. The third-order valence-corrected chi connectivity index (χ3v) is 5.96. The van der Waals surface area contributed by atoms with E-state index >= 15 is 0 Å². The van der Waals surface area contributed by atoms with Crippen molar-refractivity contribution >= 4 is 29.0 Å². The van der Waals surface area contributed by atoms with Gasteiger partial charge in [-0.05, 0) is 47.9 Å². The van der Waals surface area contributed by atoms with Crippen molar-refractivity contribution in [1.82, 2.24) is 24.7 Å². The molecule has 28 heavy (non-hydrogen) atoms. The Morgan fingerprint density at radius 2 is 2.11 bits per heavy atom. The molecule has 0 spiro atoms. The van der Waals surface area contributed by atoms with Crippen molar-refractivity contribution in [2.75, 3.05) is 24.5 Å². The maximum absolute atomic E-state index is 13.9. The van der Waals surface area contributed by atoms with E-state index < -0.39 is 5.82 Å². The first-order chi connectivity index (χ1) is 13.6. The van der Waals surface area contributed by atoms with E-state index in [-0.39, 0.29) is 17.0 Å². The molecule has 144 valence electrons. The van der Waals surface area contributed by atoms with Crippen LogP contribution < -0.4 is 10.2 Å². The fourth-order valence-corrected chi connectivity index (χ4v) is 4.45. The maximum Gasteiger partial charge on any atom is 0.252 e. The van der Waals surface area contributed by atoms with Gasteiger partial charge >= 0.3 is 0 Å².